The third-order valence-electron chi connectivity index (χ3n) is 4.38. The quantitative estimate of drug-likeness (QED) is 0.432. The maximum absolute atomic E-state index is 13.0. The van der Waals surface area contributed by atoms with E-state index in [0.29, 0.717) is 11.3 Å². The smallest absolute Gasteiger partial charge is 0.341 e. The van der Waals surface area contributed by atoms with Gasteiger partial charge in [0.1, 0.15) is 22.3 Å². The average molecular weight is 375 g/mol. The van der Waals surface area contributed by atoms with E-state index < -0.39 is 5.97 Å². The summed E-state index contributed by atoms with van der Waals surface area (Å²) in [5.74, 6) is -0.646. The molecule has 28 heavy (non-hydrogen) atoms. The number of carbonyl (C=O) groups is 1. The molecule has 1 N–H and O–H groups in total. The lowest BCUT2D eigenvalue weighted by Gasteiger charge is -2.14. The number of pyridine rings is 3. The summed E-state index contributed by atoms with van der Waals surface area (Å²) in [4.78, 5) is 34.1. The Hall–Kier alpha value is -3.81. The monoisotopic (exact) mass is 375 g/mol. The van der Waals surface area contributed by atoms with E-state index in [0.717, 1.165) is 5.56 Å². The van der Waals surface area contributed by atoms with Crippen LogP contribution in [-0.2, 0) is 11.3 Å². The normalized spacial score (nSPS) is 11.0. The zero-order chi connectivity index (χ0) is 19.7. The van der Waals surface area contributed by atoms with Gasteiger partial charge in [-0.05, 0) is 36.8 Å². The molecule has 0 aliphatic carbocycles. The molecule has 0 amide bonds. The van der Waals surface area contributed by atoms with Crippen molar-refractivity contribution in [1.82, 2.24) is 18.9 Å². The minimum atomic E-state index is -0.646. The second-order valence-corrected chi connectivity index (χ2v) is 6.16. The number of aromatic nitrogens is 4. The molecule has 0 saturated heterocycles. The van der Waals surface area contributed by atoms with Gasteiger partial charge < -0.3 is 9.30 Å². The van der Waals surface area contributed by atoms with E-state index in [1.165, 1.54) is 15.0 Å². The standard InChI is InChI=1S/C20H17N5O3/c1-2-28-20(27)14-10-15-18(23-16-7-3-4-9-24(16)19(15)26)25(17(14)21)12-13-6-5-8-22-11-13/h3-11,21H,2,12H2,1H3. The van der Waals surface area contributed by atoms with Crippen LogP contribution in [0.5, 0.6) is 0 Å². The van der Waals surface area contributed by atoms with Gasteiger partial charge in [0, 0.05) is 18.6 Å². The topological polar surface area (TPSA) is 102 Å². The SMILES string of the molecule is CCOC(=O)c1cc2c(=O)n3ccccc3nc2n(Cc2cccnc2)c1=N. The molecule has 140 valence electrons. The van der Waals surface area contributed by atoms with E-state index >= 15 is 0 Å². The fraction of sp³-hybridized carbons (Fsp3) is 0.150. The molecule has 0 saturated carbocycles. The van der Waals surface area contributed by atoms with Gasteiger partial charge in [-0.25, -0.2) is 9.78 Å². The van der Waals surface area contributed by atoms with Gasteiger partial charge in [-0.1, -0.05) is 12.1 Å². The Labute approximate surface area is 159 Å². The van der Waals surface area contributed by atoms with E-state index in [2.05, 4.69) is 9.97 Å². The summed E-state index contributed by atoms with van der Waals surface area (Å²) in [5.41, 5.74) is 1.25. The first kappa shape index (κ1) is 17.6. The van der Waals surface area contributed by atoms with E-state index in [1.54, 1.807) is 49.8 Å². The van der Waals surface area contributed by atoms with Crippen LogP contribution in [-0.4, -0.2) is 31.5 Å². The van der Waals surface area contributed by atoms with Crippen molar-refractivity contribution in [3.8, 4) is 0 Å². The summed E-state index contributed by atoms with van der Waals surface area (Å²) in [6.45, 7) is 2.11. The van der Waals surface area contributed by atoms with E-state index in [9.17, 15) is 9.59 Å². The molecule has 8 heteroatoms. The number of rotatable bonds is 4. The maximum Gasteiger partial charge on any atom is 0.341 e. The number of nitrogens with one attached hydrogen (secondary N) is 1. The van der Waals surface area contributed by atoms with Gasteiger partial charge in [0.25, 0.3) is 5.56 Å². The van der Waals surface area contributed by atoms with Crippen LogP contribution in [0.4, 0.5) is 0 Å². The number of hydrogen-bond acceptors (Lipinski definition) is 6. The van der Waals surface area contributed by atoms with Gasteiger partial charge in [-0.2, -0.15) is 0 Å². The first-order valence-corrected chi connectivity index (χ1v) is 8.75. The van der Waals surface area contributed by atoms with Gasteiger partial charge >= 0.3 is 5.97 Å². The zero-order valence-electron chi connectivity index (χ0n) is 15.1. The summed E-state index contributed by atoms with van der Waals surface area (Å²) in [7, 11) is 0. The maximum atomic E-state index is 13.0. The molecule has 4 aromatic heterocycles. The van der Waals surface area contributed by atoms with Crippen molar-refractivity contribution in [3.63, 3.8) is 0 Å². The number of fused-ring (bicyclic) bond motifs is 2. The minimum absolute atomic E-state index is 0.0213. The Morgan fingerprint density at radius 1 is 1.25 bits per heavy atom. The fourth-order valence-corrected chi connectivity index (χ4v) is 3.08. The van der Waals surface area contributed by atoms with Crippen molar-refractivity contribution in [2.45, 2.75) is 13.5 Å². The Morgan fingerprint density at radius 3 is 2.86 bits per heavy atom. The Balaban J connectivity index is 2.08. The van der Waals surface area contributed by atoms with Crippen molar-refractivity contribution in [2.75, 3.05) is 6.61 Å². The lowest BCUT2D eigenvalue weighted by molar-refractivity contribution is 0.0523. The Kier molecular flexibility index (Phi) is 4.44. The summed E-state index contributed by atoms with van der Waals surface area (Å²) in [6.07, 6.45) is 4.94. The third kappa shape index (κ3) is 2.94. The molecule has 0 fully saturated rings. The predicted molar refractivity (Wildman–Crippen MR) is 102 cm³/mol. The third-order valence-corrected chi connectivity index (χ3v) is 4.38. The van der Waals surface area contributed by atoms with Crippen molar-refractivity contribution in [3.05, 3.63) is 82.0 Å². The highest BCUT2D eigenvalue weighted by molar-refractivity contribution is 5.93. The van der Waals surface area contributed by atoms with Crippen LogP contribution in [0.2, 0.25) is 0 Å². The largest absolute Gasteiger partial charge is 0.462 e. The highest BCUT2D eigenvalue weighted by Gasteiger charge is 2.18. The van der Waals surface area contributed by atoms with E-state index in [1.807, 2.05) is 6.07 Å². The second-order valence-electron chi connectivity index (χ2n) is 6.16. The molecule has 0 atom stereocenters. The summed E-state index contributed by atoms with van der Waals surface area (Å²) in [6, 6.07) is 10.3. The number of esters is 1. The van der Waals surface area contributed by atoms with Gasteiger partial charge in [-0.15, -0.1) is 0 Å². The average Bonchev–Trinajstić information content (AvgIpc) is 2.71. The number of carbonyl (C=O) groups excluding carboxylic acids is 1. The molecule has 8 nitrogen and oxygen atoms in total. The number of ether oxygens (including phenoxy) is 1. The van der Waals surface area contributed by atoms with Gasteiger partial charge in [0.2, 0.25) is 0 Å². The molecular formula is C20H17N5O3. The van der Waals surface area contributed by atoms with Crippen LogP contribution >= 0.6 is 0 Å². The molecule has 0 spiro atoms. The first-order chi connectivity index (χ1) is 13.6. The van der Waals surface area contributed by atoms with Crippen molar-refractivity contribution in [1.29, 1.82) is 5.41 Å². The Bertz CT molecular complexity index is 1310. The predicted octanol–water partition coefficient (Wildman–Crippen LogP) is 1.75. The van der Waals surface area contributed by atoms with Crippen LogP contribution in [0, 0.1) is 5.41 Å². The van der Waals surface area contributed by atoms with E-state index in [-0.39, 0.29) is 35.1 Å². The second kappa shape index (κ2) is 7.07. The highest BCUT2D eigenvalue weighted by Crippen LogP contribution is 2.12. The molecule has 0 bridgehead atoms. The number of nitrogens with zero attached hydrogens (tertiary/aromatic N) is 4. The molecule has 4 rings (SSSR count). The Morgan fingerprint density at radius 2 is 2.11 bits per heavy atom. The zero-order valence-corrected chi connectivity index (χ0v) is 15.1. The number of hydrogen-bond donors (Lipinski definition) is 1. The van der Waals surface area contributed by atoms with Gasteiger partial charge in [-0.3, -0.25) is 19.6 Å². The summed E-state index contributed by atoms with van der Waals surface area (Å²) in [5, 5.41) is 8.80. The van der Waals surface area contributed by atoms with Gasteiger partial charge in [0.15, 0.2) is 0 Å². The molecule has 0 unspecified atom stereocenters. The first-order valence-electron chi connectivity index (χ1n) is 8.75. The van der Waals surface area contributed by atoms with Crippen LogP contribution < -0.4 is 11.0 Å². The van der Waals surface area contributed by atoms with Crippen LogP contribution in [0.3, 0.4) is 0 Å². The minimum Gasteiger partial charge on any atom is -0.462 e. The van der Waals surface area contributed by atoms with Crippen molar-refractivity contribution < 1.29 is 9.53 Å². The lowest BCUT2D eigenvalue weighted by atomic mass is 10.2. The molecule has 0 aromatic carbocycles. The highest BCUT2D eigenvalue weighted by atomic mass is 16.5. The van der Waals surface area contributed by atoms with Crippen LogP contribution in [0.1, 0.15) is 22.8 Å². The molecular weight excluding hydrogens is 358 g/mol. The molecule has 0 aliphatic heterocycles. The molecule has 0 radical (unpaired) electrons. The van der Waals surface area contributed by atoms with Gasteiger partial charge in [0.05, 0.1) is 18.5 Å². The van der Waals surface area contributed by atoms with Crippen molar-refractivity contribution in [2.24, 2.45) is 0 Å². The van der Waals surface area contributed by atoms with Crippen LogP contribution in [0.25, 0.3) is 16.7 Å². The van der Waals surface area contributed by atoms with Crippen LogP contribution in [0.15, 0.2) is 59.8 Å². The molecule has 0 aliphatic rings. The fourth-order valence-electron chi connectivity index (χ4n) is 3.08. The molecule has 4 heterocycles. The summed E-state index contributed by atoms with van der Waals surface area (Å²) < 4.78 is 8.02. The molecule has 4 aromatic rings. The summed E-state index contributed by atoms with van der Waals surface area (Å²) >= 11 is 0. The van der Waals surface area contributed by atoms with Crippen molar-refractivity contribution >= 4 is 22.6 Å². The van der Waals surface area contributed by atoms with E-state index in [4.69, 9.17) is 10.1 Å². The lowest BCUT2D eigenvalue weighted by Crippen LogP contribution is -2.31.